The molecule has 0 aliphatic heterocycles. The normalized spacial score (nSPS) is 11.3. The highest BCUT2D eigenvalue weighted by Crippen LogP contribution is 2.26. The summed E-state index contributed by atoms with van der Waals surface area (Å²) in [4.78, 5) is 0.497. The van der Waals surface area contributed by atoms with E-state index in [1.54, 1.807) is 37.6 Å². The summed E-state index contributed by atoms with van der Waals surface area (Å²) in [6.45, 7) is 5.50. The Morgan fingerprint density at radius 2 is 2.04 bits per heavy atom. The molecular weight excluding hydrogens is 390 g/mol. The number of anilines is 1. The Labute approximate surface area is 167 Å². The number of hydrazone groups is 1. The van der Waals surface area contributed by atoms with E-state index in [-0.39, 0.29) is 0 Å². The van der Waals surface area contributed by atoms with Crippen molar-refractivity contribution in [3.63, 3.8) is 0 Å². The lowest BCUT2D eigenvalue weighted by Gasteiger charge is -2.08. The van der Waals surface area contributed by atoms with Crippen molar-refractivity contribution in [1.29, 1.82) is 0 Å². The molecule has 0 aliphatic rings. The number of ether oxygens (including phenoxy) is 1. The second-order valence-corrected chi connectivity index (χ2v) is 7.17. The van der Waals surface area contributed by atoms with E-state index in [9.17, 15) is 8.78 Å². The zero-order valence-corrected chi connectivity index (χ0v) is 17.0. The van der Waals surface area contributed by atoms with Gasteiger partial charge in [0.2, 0.25) is 0 Å². The molecule has 2 rings (SSSR count). The molecule has 0 spiro atoms. The topological polar surface area (TPSA) is 50.6 Å². The van der Waals surface area contributed by atoms with E-state index in [0.29, 0.717) is 34.1 Å². The number of aryl methyl sites for hydroxylation is 1. The Morgan fingerprint density at radius 1 is 1.33 bits per heavy atom. The quantitative estimate of drug-likeness (QED) is 0.292. The summed E-state index contributed by atoms with van der Waals surface area (Å²) in [6, 6.07) is 8.64. The van der Waals surface area contributed by atoms with Gasteiger partial charge < -0.3 is 14.6 Å². The second kappa shape index (κ2) is 10.4. The van der Waals surface area contributed by atoms with Gasteiger partial charge in [-0.1, -0.05) is 11.8 Å². The zero-order chi connectivity index (χ0) is 19.8. The molecule has 146 valence electrons. The highest BCUT2D eigenvalue weighted by atomic mass is 32.2. The smallest absolute Gasteiger partial charge is 0.288 e. The molecule has 0 unspecified atom stereocenters. The Morgan fingerprint density at radius 3 is 2.67 bits per heavy atom. The summed E-state index contributed by atoms with van der Waals surface area (Å²) in [6.07, 6.45) is 1.71. The van der Waals surface area contributed by atoms with E-state index in [1.807, 2.05) is 19.9 Å². The number of thioether (sulfide) groups is 1. The number of aromatic nitrogens is 1. The van der Waals surface area contributed by atoms with Crippen molar-refractivity contribution in [2.75, 3.05) is 19.0 Å². The fourth-order valence-electron chi connectivity index (χ4n) is 2.52. The number of hydrogen-bond acceptors (Lipinski definition) is 4. The predicted octanol–water partition coefficient (Wildman–Crippen LogP) is 4.39. The first-order chi connectivity index (χ1) is 12.9. The van der Waals surface area contributed by atoms with E-state index in [0.717, 1.165) is 23.5 Å². The average Bonchev–Trinajstić information content (AvgIpc) is 2.88. The third kappa shape index (κ3) is 6.60. The molecule has 0 atom stereocenters. The first kappa shape index (κ1) is 21.3. The minimum atomic E-state index is -2.43. The van der Waals surface area contributed by atoms with E-state index < -0.39 is 5.76 Å². The summed E-state index contributed by atoms with van der Waals surface area (Å²) >= 11 is 5.70. The van der Waals surface area contributed by atoms with E-state index in [1.165, 1.54) is 0 Å². The van der Waals surface area contributed by atoms with Crippen molar-refractivity contribution < 1.29 is 13.5 Å². The van der Waals surface area contributed by atoms with E-state index in [2.05, 4.69) is 20.4 Å². The predicted molar refractivity (Wildman–Crippen MR) is 111 cm³/mol. The maximum atomic E-state index is 12.3. The van der Waals surface area contributed by atoms with Crippen LogP contribution in [0.4, 0.5) is 14.5 Å². The number of hydrogen-bond donors (Lipinski definition) is 2. The van der Waals surface area contributed by atoms with E-state index >= 15 is 0 Å². The molecule has 1 heterocycles. The van der Waals surface area contributed by atoms with Crippen LogP contribution in [-0.4, -0.2) is 35.4 Å². The first-order valence-electron chi connectivity index (χ1n) is 8.21. The van der Waals surface area contributed by atoms with Crippen LogP contribution in [0.2, 0.25) is 0 Å². The van der Waals surface area contributed by atoms with Crippen molar-refractivity contribution in [2.45, 2.75) is 31.0 Å². The van der Waals surface area contributed by atoms with Crippen LogP contribution in [0.15, 0.2) is 40.3 Å². The van der Waals surface area contributed by atoms with Gasteiger partial charge >= 0.3 is 0 Å². The van der Waals surface area contributed by atoms with Gasteiger partial charge in [-0.3, -0.25) is 5.43 Å². The van der Waals surface area contributed by atoms with Gasteiger partial charge in [0.25, 0.3) is 5.76 Å². The molecule has 0 saturated carbocycles. The number of rotatable bonds is 8. The van der Waals surface area contributed by atoms with Crippen molar-refractivity contribution in [3.8, 4) is 0 Å². The Kier molecular flexibility index (Phi) is 8.21. The van der Waals surface area contributed by atoms with Crippen LogP contribution >= 0.6 is 24.0 Å². The van der Waals surface area contributed by atoms with Gasteiger partial charge in [-0.05, 0) is 56.4 Å². The van der Waals surface area contributed by atoms with Gasteiger partial charge in [-0.15, -0.1) is 0 Å². The maximum absolute atomic E-state index is 12.3. The van der Waals surface area contributed by atoms with Crippen LogP contribution in [0.3, 0.4) is 0 Å². The first-order valence-corrected chi connectivity index (χ1v) is 9.50. The fourth-order valence-corrected chi connectivity index (χ4v) is 3.19. The molecule has 2 aromatic rings. The average molecular weight is 413 g/mol. The number of halogens is 2. The molecule has 1 aromatic heterocycles. The number of alkyl halides is 2. The molecule has 5 nitrogen and oxygen atoms in total. The number of thiocarbonyl (C=S) groups is 1. The number of nitrogens with one attached hydrogen (secondary N) is 2. The highest BCUT2D eigenvalue weighted by molar-refractivity contribution is 7.99. The number of methoxy groups -OCH3 is 1. The van der Waals surface area contributed by atoms with Crippen LogP contribution in [0.25, 0.3) is 0 Å². The van der Waals surface area contributed by atoms with Gasteiger partial charge in [0.1, 0.15) is 0 Å². The van der Waals surface area contributed by atoms with Crippen molar-refractivity contribution in [2.24, 2.45) is 5.10 Å². The van der Waals surface area contributed by atoms with Crippen LogP contribution in [0.1, 0.15) is 17.0 Å². The Bertz CT molecular complexity index is 791. The van der Waals surface area contributed by atoms with E-state index in [4.69, 9.17) is 17.0 Å². The van der Waals surface area contributed by atoms with Crippen molar-refractivity contribution in [3.05, 3.63) is 47.3 Å². The largest absolute Gasteiger partial charge is 0.383 e. The molecule has 0 radical (unpaired) electrons. The maximum Gasteiger partial charge on any atom is 0.288 e. The minimum Gasteiger partial charge on any atom is -0.383 e. The van der Waals surface area contributed by atoms with Gasteiger partial charge in [0.05, 0.1) is 12.8 Å². The summed E-state index contributed by atoms with van der Waals surface area (Å²) in [5.41, 5.74) is 6.67. The van der Waals surface area contributed by atoms with Crippen LogP contribution in [-0.2, 0) is 11.3 Å². The lowest BCUT2D eigenvalue weighted by Crippen LogP contribution is -2.23. The van der Waals surface area contributed by atoms with Crippen LogP contribution in [0, 0.1) is 13.8 Å². The molecule has 9 heteroatoms. The molecule has 27 heavy (non-hydrogen) atoms. The highest BCUT2D eigenvalue weighted by Gasteiger charge is 2.07. The summed E-state index contributed by atoms with van der Waals surface area (Å²) in [5.74, 6) is -2.43. The molecular formula is C18H22F2N4OS2. The van der Waals surface area contributed by atoms with Gasteiger partial charge in [0, 0.05) is 41.2 Å². The van der Waals surface area contributed by atoms with Gasteiger partial charge in [-0.2, -0.15) is 13.9 Å². The van der Waals surface area contributed by atoms with Gasteiger partial charge in [-0.25, -0.2) is 0 Å². The minimum absolute atomic E-state index is 0.314. The lowest BCUT2D eigenvalue weighted by atomic mass is 10.3. The zero-order valence-electron chi connectivity index (χ0n) is 15.3. The van der Waals surface area contributed by atoms with Crippen molar-refractivity contribution in [1.82, 2.24) is 9.99 Å². The molecule has 0 fully saturated rings. The molecule has 0 aliphatic carbocycles. The third-order valence-corrected chi connectivity index (χ3v) is 4.75. The monoisotopic (exact) mass is 412 g/mol. The summed E-state index contributed by atoms with van der Waals surface area (Å²) in [7, 11) is 1.68. The molecule has 0 bridgehead atoms. The Hall–Kier alpha value is -1.97. The third-order valence-electron chi connectivity index (χ3n) is 3.84. The van der Waals surface area contributed by atoms with Crippen molar-refractivity contribution >= 4 is 41.0 Å². The number of nitrogens with zero attached hydrogens (tertiary/aromatic N) is 2. The lowest BCUT2D eigenvalue weighted by molar-refractivity contribution is 0.186. The molecule has 1 aromatic carbocycles. The number of benzene rings is 1. The molecule has 2 N–H and O–H groups in total. The standard InChI is InChI=1S/C18H22F2N4OS2/c1-12-10-14(13(2)24(12)8-9-25-3)11-21-23-18(26)22-15-4-6-16(7-5-15)27-17(19)20/h4-7,10-11,17H,8-9H2,1-3H3,(H2,22,23,26)/b21-11+. The van der Waals surface area contributed by atoms with Gasteiger partial charge in [0.15, 0.2) is 5.11 Å². The SMILES string of the molecule is COCCn1c(C)cc(/C=N/NC(=S)Nc2ccc(SC(F)F)cc2)c1C. The molecule has 0 amide bonds. The summed E-state index contributed by atoms with van der Waals surface area (Å²) in [5, 5.41) is 7.43. The van der Waals surface area contributed by atoms with Crippen LogP contribution < -0.4 is 10.7 Å². The van der Waals surface area contributed by atoms with Crippen LogP contribution in [0.5, 0.6) is 0 Å². The second-order valence-electron chi connectivity index (χ2n) is 5.70. The summed E-state index contributed by atoms with van der Waals surface area (Å²) < 4.78 is 31.9. The molecule has 0 saturated heterocycles. The fraction of sp³-hybridized carbons (Fsp3) is 0.333. The Balaban J connectivity index is 1.90.